The largest absolute Gasteiger partial charge is 0.508 e. The fourth-order valence-corrected chi connectivity index (χ4v) is 1.60. The molecule has 5 heteroatoms. The average Bonchev–Trinajstić information content (AvgIpc) is 2.39. The maximum Gasteiger partial charge on any atom is 0.330 e. The lowest BCUT2D eigenvalue weighted by Gasteiger charge is -1.99. The summed E-state index contributed by atoms with van der Waals surface area (Å²) in [5.41, 5.74) is 0.264. The minimum atomic E-state index is -0.530. The molecule has 0 aliphatic carbocycles. The molecule has 0 bridgehead atoms. The van der Waals surface area contributed by atoms with Gasteiger partial charge in [0.2, 0.25) is 0 Å². The number of phenols is 1. The number of hydrogen-bond donors (Lipinski definition) is 1. The zero-order valence-corrected chi connectivity index (χ0v) is 10.3. The molecular formula is C14H12O5. The number of benzene rings is 1. The first-order chi connectivity index (χ1) is 9.11. The Morgan fingerprint density at radius 1 is 1.47 bits per heavy atom. The Hall–Kier alpha value is -2.56. The van der Waals surface area contributed by atoms with E-state index in [1.54, 1.807) is 6.92 Å². The van der Waals surface area contributed by atoms with Crippen LogP contribution in [-0.4, -0.2) is 17.7 Å². The van der Waals surface area contributed by atoms with Gasteiger partial charge in [0.05, 0.1) is 17.6 Å². The standard InChI is InChI=1S/C14H12O5/c1-2-18-13(16)6-3-9-8-19-12-5-4-10(15)7-11(12)14(9)17/h3-8,15H,2H2,1H3. The van der Waals surface area contributed by atoms with Gasteiger partial charge in [-0.15, -0.1) is 0 Å². The molecule has 2 aromatic rings. The molecule has 0 aliphatic rings. The second-order valence-electron chi connectivity index (χ2n) is 3.79. The highest BCUT2D eigenvalue weighted by Gasteiger charge is 2.06. The number of ether oxygens (including phenoxy) is 1. The van der Waals surface area contributed by atoms with Gasteiger partial charge in [0.25, 0.3) is 0 Å². The van der Waals surface area contributed by atoms with Crippen molar-refractivity contribution >= 4 is 23.0 Å². The van der Waals surface area contributed by atoms with Gasteiger partial charge in [0, 0.05) is 6.08 Å². The van der Waals surface area contributed by atoms with Gasteiger partial charge in [-0.3, -0.25) is 4.79 Å². The van der Waals surface area contributed by atoms with Crippen LogP contribution in [0.2, 0.25) is 0 Å². The van der Waals surface area contributed by atoms with Crippen LogP contribution in [0.5, 0.6) is 5.75 Å². The van der Waals surface area contributed by atoms with Crippen LogP contribution in [-0.2, 0) is 9.53 Å². The third kappa shape index (κ3) is 2.82. The predicted octanol–water partition coefficient (Wildman–Crippen LogP) is 2.07. The number of carbonyl (C=O) groups is 1. The van der Waals surface area contributed by atoms with E-state index >= 15 is 0 Å². The van der Waals surface area contributed by atoms with Gasteiger partial charge in [-0.1, -0.05) is 0 Å². The maximum atomic E-state index is 12.1. The highest BCUT2D eigenvalue weighted by molar-refractivity contribution is 5.88. The van der Waals surface area contributed by atoms with Gasteiger partial charge in [0.1, 0.15) is 17.6 Å². The summed E-state index contributed by atoms with van der Waals surface area (Å²) in [6.07, 6.45) is 3.75. The van der Waals surface area contributed by atoms with E-state index in [-0.39, 0.29) is 28.7 Å². The third-order valence-corrected chi connectivity index (χ3v) is 2.47. The van der Waals surface area contributed by atoms with E-state index < -0.39 is 5.97 Å². The van der Waals surface area contributed by atoms with Crippen LogP contribution in [0.3, 0.4) is 0 Å². The molecule has 5 nitrogen and oxygen atoms in total. The van der Waals surface area contributed by atoms with Crippen molar-refractivity contribution < 1.29 is 19.1 Å². The molecule has 0 saturated carbocycles. The summed E-state index contributed by atoms with van der Waals surface area (Å²) < 4.78 is 9.97. The van der Waals surface area contributed by atoms with Crippen LogP contribution >= 0.6 is 0 Å². The highest BCUT2D eigenvalue weighted by Crippen LogP contribution is 2.17. The first-order valence-corrected chi connectivity index (χ1v) is 5.71. The van der Waals surface area contributed by atoms with Crippen LogP contribution in [0, 0.1) is 0 Å². The van der Waals surface area contributed by atoms with E-state index in [0.29, 0.717) is 5.58 Å². The molecule has 0 aliphatic heterocycles. The van der Waals surface area contributed by atoms with Crippen LogP contribution in [0.25, 0.3) is 17.0 Å². The van der Waals surface area contributed by atoms with Gasteiger partial charge in [-0.05, 0) is 31.2 Å². The van der Waals surface area contributed by atoms with Crippen molar-refractivity contribution in [3.63, 3.8) is 0 Å². The van der Waals surface area contributed by atoms with Crippen LogP contribution in [0.1, 0.15) is 12.5 Å². The van der Waals surface area contributed by atoms with Crippen molar-refractivity contribution in [2.24, 2.45) is 0 Å². The lowest BCUT2D eigenvalue weighted by molar-refractivity contribution is -0.137. The number of hydrogen-bond acceptors (Lipinski definition) is 5. The Kier molecular flexibility index (Phi) is 3.66. The molecule has 2 rings (SSSR count). The first kappa shape index (κ1) is 12.9. The molecule has 0 unspecified atom stereocenters. The van der Waals surface area contributed by atoms with Crippen LogP contribution < -0.4 is 5.43 Å². The smallest absolute Gasteiger partial charge is 0.330 e. The second kappa shape index (κ2) is 5.39. The molecule has 1 aromatic carbocycles. The topological polar surface area (TPSA) is 76.7 Å². The first-order valence-electron chi connectivity index (χ1n) is 5.71. The Morgan fingerprint density at radius 3 is 3.00 bits per heavy atom. The minimum absolute atomic E-state index is 0.0219. The highest BCUT2D eigenvalue weighted by atomic mass is 16.5. The Labute approximate surface area is 108 Å². The van der Waals surface area contributed by atoms with Crippen molar-refractivity contribution in [2.45, 2.75) is 6.92 Å². The van der Waals surface area contributed by atoms with Gasteiger partial charge in [-0.25, -0.2) is 4.79 Å². The molecule has 1 aromatic heterocycles. The molecular weight excluding hydrogens is 248 g/mol. The van der Waals surface area contributed by atoms with Crippen LogP contribution in [0.4, 0.5) is 0 Å². The molecule has 0 fully saturated rings. The van der Waals surface area contributed by atoms with E-state index in [1.165, 1.54) is 30.5 Å². The summed E-state index contributed by atoms with van der Waals surface area (Å²) in [4.78, 5) is 23.2. The Bertz CT molecular complexity index is 697. The summed E-state index contributed by atoms with van der Waals surface area (Å²) in [6, 6.07) is 4.26. The quantitative estimate of drug-likeness (QED) is 0.675. The second-order valence-corrected chi connectivity index (χ2v) is 3.79. The summed E-state index contributed by atoms with van der Waals surface area (Å²) in [5, 5.41) is 9.62. The Balaban J connectivity index is 2.43. The van der Waals surface area contributed by atoms with Gasteiger partial charge in [0.15, 0.2) is 5.43 Å². The minimum Gasteiger partial charge on any atom is -0.508 e. The number of esters is 1. The van der Waals surface area contributed by atoms with E-state index in [2.05, 4.69) is 0 Å². The van der Waals surface area contributed by atoms with Gasteiger partial charge in [-0.2, -0.15) is 0 Å². The SMILES string of the molecule is CCOC(=O)C=Cc1coc2ccc(O)cc2c1=O. The van der Waals surface area contributed by atoms with E-state index in [0.717, 1.165) is 6.08 Å². The summed E-state index contributed by atoms with van der Waals surface area (Å²) in [6.45, 7) is 1.96. The van der Waals surface area contributed by atoms with Crippen LogP contribution in [0.15, 0.2) is 39.7 Å². The van der Waals surface area contributed by atoms with Gasteiger partial charge >= 0.3 is 5.97 Å². The van der Waals surface area contributed by atoms with Crippen molar-refractivity contribution in [3.05, 3.63) is 46.3 Å². The fourth-order valence-electron chi connectivity index (χ4n) is 1.60. The molecule has 19 heavy (non-hydrogen) atoms. The fraction of sp³-hybridized carbons (Fsp3) is 0.143. The number of phenolic OH excluding ortho intramolecular Hbond substituents is 1. The molecule has 0 amide bonds. The zero-order chi connectivity index (χ0) is 13.8. The molecule has 0 saturated heterocycles. The summed E-state index contributed by atoms with van der Waals surface area (Å²) >= 11 is 0. The lowest BCUT2D eigenvalue weighted by Crippen LogP contribution is -2.05. The molecule has 0 radical (unpaired) electrons. The van der Waals surface area contributed by atoms with E-state index in [4.69, 9.17) is 9.15 Å². The van der Waals surface area contributed by atoms with Gasteiger partial charge < -0.3 is 14.3 Å². The molecule has 0 spiro atoms. The number of fused-ring (bicyclic) bond motifs is 1. The van der Waals surface area contributed by atoms with Crippen molar-refractivity contribution in [2.75, 3.05) is 6.61 Å². The van der Waals surface area contributed by atoms with Crippen molar-refractivity contribution in [1.29, 1.82) is 0 Å². The normalized spacial score (nSPS) is 11.0. The molecule has 98 valence electrons. The third-order valence-electron chi connectivity index (χ3n) is 2.47. The maximum absolute atomic E-state index is 12.1. The molecule has 1 N–H and O–H groups in total. The Morgan fingerprint density at radius 2 is 2.26 bits per heavy atom. The number of rotatable bonds is 3. The summed E-state index contributed by atoms with van der Waals surface area (Å²) in [7, 11) is 0. The zero-order valence-electron chi connectivity index (χ0n) is 10.3. The molecule has 1 heterocycles. The average molecular weight is 260 g/mol. The van der Waals surface area contributed by atoms with E-state index in [9.17, 15) is 14.7 Å². The van der Waals surface area contributed by atoms with E-state index in [1.807, 2.05) is 0 Å². The predicted molar refractivity (Wildman–Crippen MR) is 69.8 cm³/mol. The molecule has 0 atom stereocenters. The number of aromatic hydroxyl groups is 1. The summed E-state index contributed by atoms with van der Waals surface area (Å²) in [5.74, 6) is -0.552. The lowest BCUT2D eigenvalue weighted by atomic mass is 10.1. The van der Waals surface area contributed by atoms with Crippen molar-refractivity contribution in [1.82, 2.24) is 0 Å². The number of carbonyl (C=O) groups excluding carboxylic acids is 1. The monoisotopic (exact) mass is 260 g/mol. The van der Waals surface area contributed by atoms with Crippen molar-refractivity contribution in [3.8, 4) is 5.75 Å².